The molecular formula is C13H24N4O2S. The maximum absolute atomic E-state index is 12.0. The van der Waals surface area contributed by atoms with Crippen LogP contribution in [0.4, 0.5) is 0 Å². The van der Waals surface area contributed by atoms with E-state index in [4.69, 9.17) is 0 Å². The van der Waals surface area contributed by atoms with Crippen molar-refractivity contribution in [3.05, 3.63) is 12.4 Å². The van der Waals surface area contributed by atoms with Crippen LogP contribution in [-0.4, -0.2) is 49.3 Å². The first-order chi connectivity index (χ1) is 9.37. The second kappa shape index (κ2) is 6.24. The van der Waals surface area contributed by atoms with Gasteiger partial charge in [-0.05, 0) is 18.3 Å². The monoisotopic (exact) mass is 300 g/mol. The lowest BCUT2D eigenvalue weighted by Crippen LogP contribution is -2.42. The largest absolute Gasteiger partial charge is 0.302 e. The fraction of sp³-hybridized carbons (Fsp3) is 0.769. The van der Waals surface area contributed by atoms with Crippen LogP contribution in [0, 0.1) is 11.8 Å². The van der Waals surface area contributed by atoms with Crippen LogP contribution in [0.3, 0.4) is 0 Å². The Morgan fingerprint density at radius 2 is 2.00 bits per heavy atom. The van der Waals surface area contributed by atoms with Gasteiger partial charge in [0, 0.05) is 39.4 Å². The molecule has 2 atom stereocenters. The van der Waals surface area contributed by atoms with Crippen LogP contribution in [0.15, 0.2) is 17.3 Å². The zero-order chi connectivity index (χ0) is 14.8. The van der Waals surface area contributed by atoms with E-state index in [0.29, 0.717) is 18.4 Å². The summed E-state index contributed by atoms with van der Waals surface area (Å²) in [7, 11) is -1.72. The van der Waals surface area contributed by atoms with E-state index in [-0.39, 0.29) is 4.90 Å². The molecule has 1 N–H and O–H groups in total. The predicted molar refractivity (Wildman–Crippen MR) is 77.8 cm³/mol. The van der Waals surface area contributed by atoms with Gasteiger partial charge in [0.25, 0.3) is 0 Å². The lowest BCUT2D eigenvalue weighted by Gasteiger charge is -2.34. The number of hydrogen-bond donors (Lipinski definition) is 1. The summed E-state index contributed by atoms with van der Waals surface area (Å²) in [5, 5.41) is 3.89. The smallest absolute Gasteiger partial charge is 0.243 e. The van der Waals surface area contributed by atoms with Crippen LogP contribution in [-0.2, 0) is 17.1 Å². The Hall–Kier alpha value is -0.920. The Morgan fingerprint density at radius 1 is 1.35 bits per heavy atom. The van der Waals surface area contributed by atoms with Gasteiger partial charge < -0.3 is 4.90 Å². The molecule has 1 saturated heterocycles. The van der Waals surface area contributed by atoms with Crippen molar-refractivity contribution in [3.8, 4) is 0 Å². The summed E-state index contributed by atoms with van der Waals surface area (Å²) in [6, 6.07) is 0. The van der Waals surface area contributed by atoms with Crippen molar-refractivity contribution in [3.63, 3.8) is 0 Å². The van der Waals surface area contributed by atoms with E-state index in [1.54, 1.807) is 7.05 Å². The number of piperidine rings is 1. The van der Waals surface area contributed by atoms with Crippen LogP contribution in [0.25, 0.3) is 0 Å². The van der Waals surface area contributed by atoms with Gasteiger partial charge in [-0.25, -0.2) is 13.1 Å². The van der Waals surface area contributed by atoms with Gasteiger partial charge in [-0.2, -0.15) is 5.10 Å². The van der Waals surface area contributed by atoms with Crippen molar-refractivity contribution in [2.75, 3.05) is 26.2 Å². The molecule has 2 heterocycles. The number of aryl methyl sites for hydroxylation is 1. The van der Waals surface area contributed by atoms with E-state index in [2.05, 4.69) is 28.6 Å². The molecule has 1 aromatic rings. The summed E-state index contributed by atoms with van der Waals surface area (Å²) < 4.78 is 28.2. The molecule has 1 fully saturated rings. The van der Waals surface area contributed by atoms with E-state index >= 15 is 0 Å². The third kappa shape index (κ3) is 4.04. The average Bonchev–Trinajstić information content (AvgIpc) is 2.75. The zero-order valence-corrected chi connectivity index (χ0v) is 13.2. The fourth-order valence-electron chi connectivity index (χ4n) is 2.93. The molecule has 114 valence electrons. The molecule has 20 heavy (non-hydrogen) atoms. The average molecular weight is 300 g/mol. The minimum atomic E-state index is -3.43. The quantitative estimate of drug-likeness (QED) is 0.868. The number of nitrogens with one attached hydrogen (secondary N) is 1. The van der Waals surface area contributed by atoms with Crippen LogP contribution >= 0.6 is 0 Å². The van der Waals surface area contributed by atoms with Gasteiger partial charge in [-0.1, -0.05) is 13.8 Å². The van der Waals surface area contributed by atoms with E-state index in [0.717, 1.165) is 19.6 Å². The molecule has 0 spiro atoms. The molecule has 7 heteroatoms. The molecule has 0 saturated carbocycles. The Balaban J connectivity index is 1.83. The molecule has 0 aromatic carbocycles. The van der Waals surface area contributed by atoms with Crippen molar-refractivity contribution in [1.29, 1.82) is 0 Å². The Kier molecular flexibility index (Phi) is 4.82. The molecular weight excluding hydrogens is 276 g/mol. The lowest BCUT2D eigenvalue weighted by molar-refractivity contribution is 0.143. The minimum absolute atomic E-state index is 0.223. The summed E-state index contributed by atoms with van der Waals surface area (Å²) in [4.78, 5) is 2.56. The molecule has 6 nitrogen and oxygen atoms in total. The summed E-state index contributed by atoms with van der Waals surface area (Å²) in [6.07, 6.45) is 4.14. The molecule has 1 aliphatic heterocycles. The molecule has 0 bridgehead atoms. The van der Waals surface area contributed by atoms with Crippen LogP contribution < -0.4 is 4.72 Å². The Bertz CT molecular complexity index is 530. The van der Waals surface area contributed by atoms with Crippen LogP contribution in [0.5, 0.6) is 0 Å². The highest BCUT2D eigenvalue weighted by Gasteiger charge is 2.22. The fourth-order valence-corrected chi connectivity index (χ4v) is 3.94. The number of hydrogen-bond acceptors (Lipinski definition) is 4. The van der Waals surface area contributed by atoms with Crippen LogP contribution in [0.1, 0.15) is 20.3 Å². The van der Waals surface area contributed by atoms with Crippen molar-refractivity contribution < 1.29 is 8.42 Å². The van der Waals surface area contributed by atoms with Gasteiger partial charge in [0.15, 0.2) is 0 Å². The topological polar surface area (TPSA) is 67.2 Å². The maximum Gasteiger partial charge on any atom is 0.243 e. The summed E-state index contributed by atoms with van der Waals surface area (Å²) in [5.41, 5.74) is 0. The van der Waals surface area contributed by atoms with Gasteiger partial charge in [-0.15, -0.1) is 0 Å². The highest BCUT2D eigenvalue weighted by Crippen LogP contribution is 2.20. The van der Waals surface area contributed by atoms with Gasteiger partial charge >= 0.3 is 0 Å². The van der Waals surface area contributed by atoms with Crippen molar-refractivity contribution in [2.45, 2.75) is 25.2 Å². The number of sulfonamides is 1. The molecule has 2 rings (SSSR count). The van der Waals surface area contributed by atoms with E-state index in [1.165, 1.54) is 23.5 Å². The Labute approximate surface area is 121 Å². The first kappa shape index (κ1) is 15.5. The number of rotatable bonds is 5. The van der Waals surface area contributed by atoms with Crippen molar-refractivity contribution in [1.82, 2.24) is 19.4 Å². The van der Waals surface area contributed by atoms with Crippen LogP contribution in [0.2, 0.25) is 0 Å². The molecule has 1 aliphatic rings. The molecule has 1 aromatic heterocycles. The standard InChI is InChI=1S/C13H24N4O2S/c1-11-6-12(2)9-17(8-11)5-4-15-20(18,19)13-7-14-16(3)10-13/h7,10-12,15H,4-6,8-9H2,1-3H3. The SMILES string of the molecule is CC1CC(C)CN(CCNS(=O)(=O)c2cnn(C)c2)C1. The van der Waals surface area contributed by atoms with Gasteiger partial charge in [-0.3, -0.25) is 4.68 Å². The van der Waals surface area contributed by atoms with E-state index in [9.17, 15) is 8.42 Å². The maximum atomic E-state index is 12.0. The summed E-state index contributed by atoms with van der Waals surface area (Å²) in [6.45, 7) is 7.81. The highest BCUT2D eigenvalue weighted by atomic mass is 32.2. The third-order valence-electron chi connectivity index (χ3n) is 3.66. The molecule has 0 radical (unpaired) electrons. The van der Waals surface area contributed by atoms with Crippen molar-refractivity contribution in [2.24, 2.45) is 18.9 Å². The van der Waals surface area contributed by atoms with E-state index < -0.39 is 10.0 Å². The normalized spacial score (nSPS) is 24.9. The highest BCUT2D eigenvalue weighted by molar-refractivity contribution is 7.89. The number of likely N-dealkylation sites (tertiary alicyclic amines) is 1. The van der Waals surface area contributed by atoms with Gasteiger partial charge in [0.1, 0.15) is 4.90 Å². The van der Waals surface area contributed by atoms with Gasteiger partial charge in [0.05, 0.1) is 6.20 Å². The molecule has 2 unspecified atom stereocenters. The third-order valence-corrected chi connectivity index (χ3v) is 5.07. The summed E-state index contributed by atoms with van der Waals surface area (Å²) in [5.74, 6) is 1.38. The predicted octanol–water partition coefficient (Wildman–Crippen LogP) is 0.676. The number of nitrogens with zero attached hydrogens (tertiary/aromatic N) is 3. The molecule has 0 aliphatic carbocycles. The van der Waals surface area contributed by atoms with Crippen molar-refractivity contribution >= 4 is 10.0 Å². The lowest BCUT2D eigenvalue weighted by atomic mass is 9.92. The Morgan fingerprint density at radius 3 is 2.55 bits per heavy atom. The second-order valence-electron chi connectivity index (χ2n) is 5.95. The van der Waals surface area contributed by atoms with E-state index in [1.807, 2.05) is 0 Å². The number of aromatic nitrogens is 2. The summed E-state index contributed by atoms with van der Waals surface area (Å²) >= 11 is 0. The first-order valence-corrected chi connectivity index (χ1v) is 8.56. The first-order valence-electron chi connectivity index (χ1n) is 7.07. The second-order valence-corrected chi connectivity index (χ2v) is 7.72. The van der Waals surface area contributed by atoms with Gasteiger partial charge in [0.2, 0.25) is 10.0 Å². The molecule has 0 amide bonds. The minimum Gasteiger partial charge on any atom is -0.302 e. The zero-order valence-electron chi connectivity index (χ0n) is 12.4.